The summed E-state index contributed by atoms with van der Waals surface area (Å²) in [4.78, 5) is 24.5. The van der Waals surface area contributed by atoms with Gasteiger partial charge in [0.25, 0.3) is 0 Å². The monoisotopic (exact) mass is 227 g/mol. The van der Waals surface area contributed by atoms with Crippen LogP contribution in [-0.4, -0.2) is 34.5 Å². The Kier molecular flexibility index (Phi) is 3.31. The largest absolute Gasteiger partial charge is 0.444 e. The molecule has 1 amide bonds. The van der Waals surface area contributed by atoms with E-state index in [1.165, 1.54) is 0 Å². The van der Waals surface area contributed by atoms with E-state index in [-0.39, 0.29) is 11.6 Å². The number of amides is 1. The molecule has 0 unspecified atom stereocenters. The summed E-state index contributed by atoms with van der Waals surface area (Å²) in [5.74, 6) is 0. The molecule has 0 radical (unpaired) electrons. The Morgan fingerprint density at radius 2 is 2.00 bits per heavy atom. The van der Waals surface area contributed by atoms with Crippen LogP contribution in [0.2, 0.25) is 0 Å². The number of ether oxygens (including phenoxy) is 1. The third kappa shape index (κ3) is 2.74. The van der Waals surface area contributed by atoms with Gasteiger partial charge in [-0.05, 0) is 47.5 Å². The molecule has 0 bridgehead atoms. The van der Waals surface area contributed by atoms with Gasteiger partial charge in [-0.15, -0.1) is 0 Å². The third-order valence-corrected chi connectivity index (χ3v) is 2.78. The van der Waals surface area contributed by atoms with Crippen LogP contribution in [0.4, 0.5) is 4.79 Å². The van der Waals surface area contributed by atoms with Gasteiger partial charge in [0, 0.05) is 5.54 Å². The number of rotatable bonds is 1. The van der Waals surface area contributed by atoms with Gasteiger partial charge in [0.05, 0.1) is 6.04 Å². The van der Waals surface area contributed by atoms with Crippen molar-refractivity contribution in [2.24, 2.45) is 0 Å². The van der Waals surface area contributed by atoms with Crippen LogP contribution in [-0.2, 0) is 9.53 Å². The minimum Gasteiger partial charge on any atom is -0.444 e. The first kappa shape index (κ1) is 13.0. The number of likely N-dealkylation sites (tertiary alicyclic amines) is 1. The molecule has 0 aliphatic carbocycles. The predicted octanol–water partition coefficient (Wildman–Crippen LogP) is 2.36. The minimum atomic E-state index is -0.525. The maximum absolute atomic E-state index is 12.0. The molecule has 0 aromatic rings. The first-order chi connectivity index (χ1) is 7.17. The second-order valence-electron chi connectivity index (χ2n) is 5.90. The lowest BCUT2D eigenvalue weighted by molar-refractivity contribution is -0.112. The van der Waals surface area contributed by atoms with Crippen molar-refractivity contribution in [3.8, 4) is 0 Å². The van der Waals surface area contributed by atoms with E-state index in [0.717, 1.165) is 19.1 Å². The molecule has 0 N–H and O–H groups in total. The van der Waals surface area contributed by atoms with Crippen molar-refractivity contribution in [1.29, 1.82) is 0 Å². The number of carbonyl (C=O) groups excluding carboxylic acids is 2. The summed E-state index contributed by atoms with van der Waals surface area (Å²) in [6, 6.07) is -0.343. The normalized spacial score (nSPS) is 24.3. The fourth-order valence-electron chi connectivity index (χ4n) is 2.02. The van der Waals surface area contributed by atoms with Crippen LogP contribution in [0.25, 0.3) is 0 Å². The molecule has 4 nitrogen and oxygen atoms in total. The summed E-state index contributed by atoms with van der Waals surface area (Å²) in [5.41, 5.74) is -0.822. The Hall–Kier alpha value is -1.06. The molecule has 0 aromatic heterocycles. The van der Waals surface area contributed by atoms with Gasteiger partial charge < -0.3 is 9.53 Å². The zero-order chi connectivity index (χ0) is 12.6. The van der Waals surface area contributed by atoms with E-state index in [1.807, 2.05) is 34.6 Å². The fourth-order valence-corrected chi connectivity index (χ4v) is 2.02. The Balaban J connectivity index is 2.83. The highest BCUT2D eigenvalue weighted by molar-refractivity contribution is 5.75. The van der Waals surface area contributed by atoms with Crippen LogP contribution in [0, 0.1) is 0 Å². The Bertz CT molecular complexity index is 291. The first-order valence-corrected chi connectivity index (χ1v) is 5.65. The van der Waals surface area contributed by atoms with Crippen molar-refractivity contribution in [2.45, 2.75) is 64.6 Å². The van der Waals surface area contributed by atoms with Crippen LogP contribution in [0.15, 0.2) is 0 Å². The van der Waals surface area contributed by atoms with Gasteiger partial charge in [-0.3, -0.25) is 4.90 Å². The SMILES string of the molecule is CC(C)(C)OC(=O)N1[C@H](C=O)CCC1(C)C. The Morgan fingerprint density at radius 1 is 1.44 bits per heavy atom. The smallest absolute Gasteiger partial charge is 0.411 e. The van der Waals surface area contributed by atoms with Gasteiger partial charge in [0.1, 0.15) is 11.9 Å². The Labute approximate surface area is 96.9 Å². The van der Waals surface area contributed by atoms with Gasteiger partial charge in [-0.1, -0.05) is 0 Å². The Morgan fingerprint density at radius 3 is 2.44 bits per heavy atom. The van der Waals surface area contributed by atoms with Gasteiger partial charge >= 0.3 is 6.09 Å². The second-order valence-corrected chi connectivity index (χ2v) is 5.90. The number of nitrogens with zero attached hydrogens (tertiary/aromatic N) is 1. The molecular formula is C12H21NO3. The van der Waals surface area contributed by atoms with E-state index in [2.05, 4.69) is 0 Å². The van der Waals surface area contributed by atoms with Crippen molar-refractivity contribution < 1.29 is 14.3 Å². The molecule has 1 atom stereocenters. The molecule has 92 valence electrons. The minimum absolute atomic E-state index is 0.298. The van der Waals surface area contributed by atoms with Gasteiger partial charge in [-0.2, -0.15) is 0 Å². The van der Waals surface area contributed by atoms with E-state index < -0.39 is 11.7 Å². The summed E-state index contributed by atoms with van der Waals surface area (Å²) >= 11 is 0. The average Bonchev–Trinajstić information content (AvgIpc) is 2.37. The zero-order valence-electron chi connectivity index (χ0n) is 10.7. The summed E-state index contributed by atoms with van der Waals surface area (Å²) < 4.78 is 5.32. The first-order valence-electron chi connectivity index (χ1n) is 5.65. The lowest BCUT2D eigenvalue weighted by Crippen LogP contribution is -2.49. The van der Waals surface area contributed by atoms with Crippen molar-refractivity contribution in [3.05, 3.63) is 0 Å². The van der Waals surface area contributed by atoms with E-state index in [0.29, 0.717) is 0 Å². The van der Waals surface area contributed by atoms with Gasteiger partial charge in [0.15, 0.2) is 0 Å². The van der Waals surface area contributed by atoms with E-state index >= 15 is 0 Å². The summed E-state index contributed by atoms with van der Waals surface area (Å²) in [6.45, 7) is 9.39. The molecule has 0 saturated carbocycles. The van der Waals surface area contributed by atoms with Crippen molar-refractivity contribution in [3.63, 3.8) is 0 Å². The van der Waals surface area contributed by atoms with Crippen LogP contribution < -0.4 is 0 Å². The molecule has 1 rings (SSSR count). The van der Waals surface area contributed by atoms with Crippen LogP contribution in [0.3, 0.4) is 0 Å². The third-order valence-electron chi connectivity index (χ3n) is 2.78. The highest BCUT2D eigenvalue weighted by atomic mass is 16.6. The maximum atomic E-state index is 12.0. The standard InChI is InChI=1S/C12H21NO3/c1-11(2,3)16-10(15)13-9(8-14)6-7-12(13,4)5/h8-9H,6-7H2,1-5H3/t9-/m0/s1. The lowest BCUT2D eigenvalue weighted by Gasteiger charge is -2.35. The predicted molar refractivity (Wildman–Crippen MR) is 61.2 cm³/mol. The zero-order valence-corrected chi connectivity index (χ0v) is 10.7. The number of hydrogen-bond donors (Lipinski definition) is 0. The molecule has 4 heteroatoms. The molecule has 0 spiro atoms. The molecule has 0 aromatic carbocycles. The number of carbonyl (C=O) groups is 2. The molecular weight excluding hydrogens is 206 g/mol. The summed E-state index contributed by atoms with van der Waals surface area (Å²) in [7, 11) is 0. The summed E-state index contributed by atoms with van der Waals surface area (Å²) in [6.07, 6.45) is 1.98. The summed E-state index contributed by atoms with van der Waals surface area (Å²) in [5, 5.41) is 0. The van der Waals surface area contributed by atoms with E-state index in [1.54, 1.807) is 4.90 Å². The van der Waals surface area contributed by atoms with Crippen LogP contribution in [0.5, 0.6) is 0 Å². The highest BCUT2D eigenvalue weighted by Crippen LogP contribution is 2.33. The molecule has 1 aliphatic heterocycles. The van der Waals surface area contributed by atoms with Gasteiger partial charge in [-0.25, -0.2) is 4.79 Å². The number of hydrogen-bond acceptors (Lipinski definition) is 3. The maximum Gasteiger partial charge on any atom is 0.411 e. The van der Waals surface area contributed by atoms with Gasteiger partial charge in [0.2, 0.25) is 0 Å². The highest BCUT2D eigenvalue weighted by Gasteiger charge is 2.44. The molecule has 1 fully saturated rings. The second kappa shape index (κ2) is 4.07. The van der Waals surface area contributed by atoms with Crippen LogP contribution >= 0.6 is 0 Å². The number of aldehydes is 1. The molecule has 1 heterocycles. The topological polar surface area (TPSA) is 46.6 Å². The fraction of sp³-hybridized carbons (Fsp3) is 0.833. The molecule has 1 aliphatic rings. The molecule has 1 saturated heterocycles. The van der Waals surface area contributed by atoms with Crippen LogP contribution in [0.1, 0.15) is 47.5 Å². The molecule has 16 heavy (non-hydrogen) atoms. The van der Waals surface area contributed by atoms with E-state index in [4.69, 9.17) is 4.74 Å². The quantitative estimate of drug-likeness (QED) is 0.646. The van der Waals surface area contributed by atoms with Crippen molar-refractivity contribution in [2.75, 3.05) is 0 Å². The van der Waals surface area contributed by atoms with Crippen molar-refractivity contribution in [1.82, 2.24) is 4.90 Å². The average molecular weight is 227 g/mol. The lowest BCUT2D eigenvalue weighted by atomic mass is 10.0. The van der Waals surface area contributed by atoms with Crippen molar-refractivity contribution >= 4 is 12.4 Å². The van der Waals surface area contributed by atoms with E-state index in [9.17, 15) is 9.59 Å².